The molecule has 0 aliphatic carbocycles. The van der Waals surface area contributed by atoms with Gasteiger partial charge in [0.05, 0.1) is 19.1 Å². The summed E-state index contributed by atoms with van der Waals surface area (Å²) in [5.41, 5.74) is 3.30. The fourth-order valence-corrected chi connectivity index (χ4v) is 4.86. The summed E-state index contributed by atoms with van der Waals surface area (Å²) in [5, 5.41) is 18.6. The Kier molecular flexibility index (Phi) is 7.16. The molecule has 4 atom stereocenters. The molecule has 36 heavy (non-hydrogen) atoms. The molecule has 1 fully saturated rings. The monoisotopic (exact) mass is 487 g/mol. The SMILES string of the molecule is O=C(C[C@@H]1C[C@@H]2c3cc(NC(=O)Nc4ccccc4)ccc3O[C@@H]2[C@H](CO)O1)NCc1ccccc1. The lowest BCUT2D eigenvalue weighted by Gasteiger charge is -2.37. The van der Waals surface area contributed by atoms with Crippen LogP contribution in [-0.2, 0) is 16.1 Å². The van der Waals surface area contributed by atoms with Crippen molar-refractivity contribution >= 4 is 23.3 Å². The topological polar surface area (TPSA) is 109 Å². The molecule has 3 aromatic rings. The van der Waals surface area contributed by atoms with Gasteiger partial charge < -0.3 is 30.5 Å². The number of aliphatic hydroxyl groups is 1. The summed E-state index contributed by atoms with van der Waals surface area (Å²) < 4.78 is 12.2. The molecule has 0 bridgehead atoms. The Morgan fingerprint density at radius 1 is 0.917 bits per heavy atom. The molecule has 0 spiro atoms. The van der Waals surface area contributed by atoms with Gasteiger partial charge in [0.15, 0.2) is 0 Å². The van der Waals surface area contributed by atoms with Crippen LogP contribution in [0.4, 0.5) is 16.2 Å². The lowest BCUT2D eigenvalue weighted by Crippen LogP contribution is -2.47. The van der Waals surface area contributed by atoms with Crippen LogP contribution in [0.5, 0.6) is 5.75 Å². The molecule has 0 radical (unpaired) electrons. The zero-order valence-corrected chi connectivity index (χ0v) is 19.7. The van der Waals surface area contributed by atoms with E-state index in [2.05, 4.69) is 16.0 Å². The minimum absolute atomic E-state index is 0.0586. The van der Waals surface area contributed by atoms with Gasteiger partial charge >= 0.3 is 6.03 Å². The highest BCUT2D eigenvalue weighted by molar-refractivity contribution is 5.99. The number of carbonyl (C=O) groups excluding carboxylic acids is 2. The number of urea groups is 1. The first-order valence-corrected chi connectivity index (χ1v) is 12.1. The zero-order chi connectivity index (χ0) is 24.9. The summed E-state index contributed by atoms with van der Waals surface area (Å²) in [5.74, 6) is 0.540. The molecule has 2 heterocycles. The minimum Gasteiger partial charge on any atom is -0.487 e. The van der Waals surface area contributed by atoms with Gasteiger partial charge in [-0.15, -0.1) is 0 Å². The van der Waals surface area contributed by atoms with Crippen molar-refractivity contribution in [3.63, 3.8) is 0 Å². The number of para-hydroxylation sites is 1. The van der Waals surface area contributed by atoms with Crippen molar-refractivity contribution in [2.45, 2.75) is 43.6 Å². The first kappa shape index (κ1) is 23.8. The largest absolute Gasteiger partial charge is 0.487 e. The Labute approximate surface area is 209 Å². The van der Waals surface area contributed by atoms with E-state index in [0.29, 0.717) is 30.1 Å². The molecule has 1 saturated heterocycles. The van der Waals surface area contributed by atoms with E-state index in [4.69, 9.17) is 9.47 Å². The van der Waals surface area contributed by atoms with Gasteiger partial charge in [-0.3, -0.25) is 4.79 Å². The third-order valence-electron chi connectivity index (χ3n) is 6.53. The number of ether oxygens (including phenoxy) is 2. The van der Waals surface area contributed by atoms with Crippen molar-refractivity contribution in [2.75, 3.05) is 17.2 Å². The number of anilines is 2. The number of rotatable bonds is 7. The summed E-state index contributed by atoms with van der Waals surface area (Å²) >= 11 is 0. The molecule has 186 valence electrons. The summed E-state index contributed by atoms with van der Waals surface area (Å²) in [7, 11) is 0. The molecule has 2 aliphatic rings. The quantitative estimate of drug-likeness (QED) is 0.402. The first-order chi connectivity index (χ1) is 17.6. The zero-order valence-electron chi connectivity index (χ0n) is 19.7. The van der Waals surface area contributed by atoms with Crippen LogP contribution >= 0.6 is 0 Å². The maximum absolute atomic E-state index is 12.6. The Balaban J connectivity index is 1.24. The lowest BCUT2D eigenvalue weighted by atomic mass is 9.84. The summed E-state index contributed by atoms with van der Waals surface area (Å²) in [6.07, 6.45) is -0.471. The third-order valence-corrected chi connectivity index (χ3v) is 6.53. The number of aliphatic hydroxyl groups excluding tert-OH is 1. The molecule has 0 aromatic heterocycles. The van der Waals surface area contributed by atoms with Crippen LogP contribution in [0.3, 0.4) is 0 Å². The van der Waals surface area contributed by atoms with Crippen LogP contribution in [0.25, 0.3) is 0 Å². The van der Waals surface area contributed by atoms with Gasteiger partial charge in [0.1, 0.15) is 18.0 Å². The van der Waals surface area contributed by atoms with Crippen molar-refractivity contribution in [1.29, 1.82) is 0 Å². The first-order valence-electron chi connectivity index (χ1n) is 12.1. The second kappa shape index (κ2) is 10.8. The third kappa shape index (κ3) is 5.50. The summed E-state index contributed by atoms with van der Waals surface area (Å²) in [6, 6.07) is 24.1. The predicted molar refractivity (Wildman–Crippen MR) is 136 cm³/mol. The molecule has 0 unspecified atom stereocenters. The van der Waals surface area contributed by atoms with E-state index in [0.717, 1.165) is 11.1 Å². The molecule has 5 rings (SSSR count). The van der Waals surface area contributed by atoms with Gasteiger partial charge in [-0.05, 0) is 42.3 Å². The molecule has 3 aromatic carbocycles. The van der Waals surface area contributed by atoms with E-state index >= 15 is 0 Å². The van der Waals surface area contributed by atoms with E-state index in [1.54, 1.807) is 6.07 Å². The number of hydrogen-bond acceptors (Lipinski definition) is 5. The van der Waals surface area contributed by atoms with E-state index < -0.39 is 6.10 Å². The number of fused-ring (bicyclic) bond motifs is 3. The average molecular weight is 488 g/mol. The molecular formula is C28H29N3O5. The van der Waals surface area contributed by atoms with Gasteiger partial charge in [0, 0.05) is 29.4 Å². The van der Waals surface area contributed by atoms with E-state index in [9.17, 15) is 14.7 Å². The number of hydrogen-bond donors (Lipinski definition) is 4. The molecule has 4 N–H and O–H groups in total. The van der Waals surface area contributed by atoms with Gasteiger partial charge in [-0.1, -0.05) is 48.5 Å². The average Bonchev–Trinajstić information content (AvgIpc) is 3.26. The molecular weight excluding hydrogens is 458 g/mol. The van der Waals surface area contributed by atoms with Crippen molar-refractivity contribution in [3.8, 4) is 5.75 Å². The fourth-order valence-electron chi connectivity index (χ4n) is 4.86. The molecule has 0 saturated carbocycles. The second-order valence-corrected chi connectivity index (χ2v) is 9.07. The summed E-state index contributed by atoms with van der Waals surface area (Å²) in [4.78, 5) is 25.1. The molecule has 8 heteroatoms. The van der Waals surface area contributed by atoms with Crippen LogP contribution in [0.15, 0.2) is 78.9 Å². The normalized spacial score (nSPS) is 22.0. The Bertz CT molecular complexity index is 1200. The van der Waals surface area contributed by atoms with Gasteiger partial charge in [0.2, 0.25) is 5.91 Å². The smallest absolute Gasteiger partial charge is 0.323 e. The predicted octanol–water partition coefficient (Wildman–Crippen LogP) is 4.03. The van der Waals surface area contributed by atoms with Crippen LogP contribution < -0.4 is 20.7 Å². The highest BCUT2D eigenvalue weighted by atomic mass is 16.6. The Morgan fingerprint density at radius 3 is 2.39 bits per heavy atom. The number of amides is 3. The van der Waals surface area contributed by atoms with E-state index in [1.807, 2.05) is 72.8 Å². The maximum atomic E-state index is 12.6. The van der Waals surface area contributed by atoms with Crippen LogP contribution in [-0.4, -0.2) is 42.0 Å². The maximum Gasteiger partial charge on any atom is 0.323 e. The molecule has 3 amide bonds. The highest BCUT2D eigenvalue weighted by Gasteiger charge is 2.46. The molecule has 8 nitrogen and oxygen atoms in total. The van der Waals surface area contributed by atoms with Gasteiger partial charge in [-0.25, -0.2) is 4.79 Å². The number of carbonyl (C=O) groups is 2. The Morgan fingerprint density at radius 2 is 1.64 bits per heavy atom. The van der Waals surface area contributed by atoms with E-state index in [1.165, 1.54) is 0 Å². The minimum atomic E-state index is -0.541. The number of nitrogens with one attached hydrogen (secondary N) is 3. The van der Waals surface area contributed by atoms with Crippen LogP contribution in [0.1, 0.15) is 29.9 Å². The van der Waals surface area contributed by atoms with Gasteiger partial charge in [-0.2, -0.15) is 0 Å². The summed E-state index contributed by atoms with van der Waals surface area (Å²) in [6.45, 7) is 0.246. The van der Waals surface area contributed by atoms with Crippen LogP contribution in [0.2, 0.25) is 0 Å². The Hall–Kier alpha value is -3.88. The van der Waals surface area contributed by atoms with Gasteiger partial charge in [0.25, 0.3) is 0 Å². The lowest BCUT2D eigenvalue weighted by molar-refractivity contribution is -0.142. The fraction of sp³-hybridized carbons (Fsp3) is 0.286. The van der Waals surface area contributed by atoms with Crippen molar-refractivity contribution in [2.24, 2.45) is 0 Å². The van der Waals surface area contributed by atoms with E-state index in [-0.39, 0.29) is 43.1 Å². The number of benzene rings is 3. The van der Waals surface area contributed by atoms with Crippen molar-refractivity contribution < 1.29 is 24.2 Å². The van der Waals surface area contributed by atoms with Crippen molar-refractivity contribution in [3.05, 3.63) is 90.0 Å². The standard InChI is InChI=1S/C28H29N3O5/c32-17-25-27-23(14-21(35-25)15-26(33)29-16-18-7-3-1-4-8-18)22-13-20(11-12-24(22)36-27)31-28(34)30-19-9-5-2-6-10-19/h1-13,21,23,25,27,32H,14-17H2,(H,29,33)(H2,30,31,34)/t21-,23+,25-,27-/m0/s1. The second-order valence-electron chi connectivity index (χ2n) is 9.07. The van der Waals surface area contributed by atoms with Crippen LogP contribution in [0, 0.1) is 0 Å². The van der Waals surface area contributed by atoms with Crippen molar-refractivity contribution in [1.82, 2.24) is 5.32 Å². The molecule has 2 aliphatic heterocycles. The highest BCUT2D eigenvalue weighted by Crippen LogP contribution is 2.47.